The first kappa shape index (κ1) is 11.5. The summed E-state index contributed by atoms with van der Waals surface area (Å²) in [7, 11) is 1.92. The van der Waals surface area contributed by atoms with Gasteiger partial charge < -0.3 is 15.5 Å². The Kier molecular flexibility index (Phi) is 5.56. The Balaban J connectivity index is 2.20. The first-order valence-corrected chi connectivity index (χ1v) is 5.47. The zero-order chi connectivity index (χ0) is 10.2. The zero-order valence-corrected chi connectivity index (χ0v) is 9.01. The Morgan fingerprint density at radius 2 is 2.29 bits per heavy atom. The number of rotatable bonds is 4. The summed E-state index contributed by atoms with van der Waals surface area (Å²) in [6.07, 6.45) is 2.71. The molecule has 0 spiro atoms. The number of carbonyl (C=O) groups is 1. The molecule has 0 aliphatic carbocycles. The molecule has 0 unspecified atom stereocenters. The highest BCUT2D eigenvalue weighted by molar-refractivity contribution is 5.76. The first-order valence-electron chi connectivity index (χ1n) is 5.47. The fraction of sp³-hybridized carbons (Fsp3) is 0.900. The van der Waals surface area contributed by atoms with Gasteiger partial charge in [0, 0.05) is 26.1 Å². The van der Waals surface area contributed by atoms with Gasteiger partial charge in [-0.1, -0.05) is 0 Å². The normalized spacial score (nSPS) is 17.9. The van der Waals surface area contributed by atoms with Gasteiger partial charge in [-0.25, -0.2) is 0 Å². The summed E-state index contributed by atoms with van der Waals surface area (Å²) in [6, 6.07) is 0. The van der Waals surface area contributed by atoms with Crippen molar-refractivity contribution in [3.63, 3.8) is 0 Å². The molecule has 1 heterocycles. The van der Waals surface area contributed by atoms with Crippen molar-refractivity contribution in [2.45, 2.75) is 19.3 Å². The fourth-order valence-electron chi connectivity index (χ4n) is 1.67. The molecule has 82 valence electrons. The molecule has 1 fully saturated rings. The van der Waals surface area contributed by atoms with E-state index >= 15 is 0 Å². The van der Waals surface area contributed by atoms with Gasteiger partial charge in [-0.3, -0.25) is 4.79 Å². The molecule has 1 rings (SSSR count). The Bertz CT molecular complexity index is 165. The molecule has 1 aliphatic heterocycles. The van der Waals surface area contributed by atoms with Crippen LogP contribution in [0.25, 0.3) is 0 Å². The predicted octanol–water partition coefficient (Wildman–Crippen LogP) is -0.192. The lowest BCUT2D eigenvalue weighted by atomic mass is 10.2. The maximum absolute atomic E-state index is 11.7. The third-order valence-corrected chi connectivity index (χ3v) is 2.51. The van der Waals surface area contributed by atoms with Gasteiger partial charge in [0.2, 0.25) is 5.91 Å². The van der Waals surface area contributed by atoms with Gasteiger partial charge in [0.05, 0.1) is 0 Å². The molecule has 1 saturated heterocycles. The molecule has 4 nitrogen and oxygen atoms in total. The van der Waals surface area contributed by atoms with Gasteiger partial charge in [0.1, 0.15) is 0 Å². The van der Waals surface area contributed by atoms with E-state index in [4.69, 9.17) is 0 Å². The van der Waals surface area contributed by atoms with Crippen LogP contribution in [0.15, 0.2) is 0 Å². The van der Waals surface area contributed by atoms with E-state index in [0.717, 1.165) is 45.6 Å². The van der Waals surface area contributed by atoms with Crippen molar-refractivity contribution in [2.75, 3.05) is 39.8 Å². The maximum Gasteiger partial charge on any atom is 0.222 e. The monoisotopic (exact) mass is 199 g/mol. The molecule has 4 heteroatoms. The summed E-state index contributed by atoms with van der Waals surface area (Å²) in [5, 5.41) is 6.35. The quantitative estimate of drug-likeness (QED) is 0.617. The molecule has 0 saturated carbocycles. The van der Waals surface area contributed by atoms with Crippen molar-refractivity contribution >= 4 is 5.91 Å². The molecule has 0 atom stereocenters. The molecule has 0 bridgehead atoms. The minimum Gasteiger partial charge on any atom is -0.341 e. The molecular formula is C10H21N3O. The summed E-state index contributed by atoms with van der Waals surface area (Å²) < 4.78 is 0. The van der Waals surface area contributed by atoms with Crippen LogP contribution in [-0.2, 0) is 4.79 Å². The second-order valence-electron chi connectivity index (χ2n) is 3.69. The van der Waals surface area contributed by atoms with Gasteiger partial charge in [-0.05, 0) is 33.0 Å². The largest absolute Gasteiger partial charge is 0.341 e. The number of hydrogen-bond donors (Lipinski definition) is 2. The van der Waals surface area contributed by atoms with E-state index in [-0.39, 0.29) is 0 Å². The van der Waals surface area contributed by atoms with E-state index in [1.54, 1.807) is 0 Å². The van der Waals surface area contributed by atoms with Gasteiger partial charge in [0.15, 0.2) is 0 Å². The smallest absolute Gasteiger partial charge is 0.222 e. The first-order chi connectivity index (χ1) is 6.84. The highest BCUT2D eigenvalue weighted by Crippen LogP contribution is 2.00. The predicted molar refractivity (Wildman–Crippen MR) is 57.2 cm³/mol. The zero-order valence-electron chi connectivity index (χ0n) is 9.01. The SMILES string of the molecule is CNCCCC(=O)N1CCCNCC1. The minimum atomic E-state index is 0.309. The Morgan fingerprint density at radius 3 is 3.07 bits per heavy atom. The van der Waals surface area contributed by atoms with Crippen molar-refractivity contribution < 1.29 is 4.79 Å². The lowest BCUT2D eigenvalue weighted by Crippen LogP contribution is -2.34. The van der Waals surface area contributed by atoms with Crippen LogP contribution in [0.2, 0.25) is 0 Å². The molecule has 0 aromatic heterocycles. The molecule has 2 N–H and O–H groups in total. The third-order valence-electron chi connectivity index (χ3n) is 2.51. The van der Waals surface area contributed by atoms with Crippen LogP contribution in [0.4, 0.5) is 0 Å². The summed E-state index contributed by atoms with van der Waals surface area (Å²) in [4.78, 5) is 13.7. The summed E-state index contributed by atoms with van der Waals surface area (Å²) in [5.74, 6) is 0.309. The van der Waals surface area contributed by atoms with Gasteiger partial charge >= 0.3 is 0 Å². The number of amides is 1. The second kappa shape index (κ2) is 6.79. The van der Waals surface area contributed by atoms with Crippen LogP contribution in [0.1, 0.15) is 19.3 Å². The topological polar surface area (TPSA) is 44.4 Å². The molecule has 1 aliphatic rings. The van der Waals surface area contributed by atoms with E-state index in [1.165, 1.54) is 0 Å². The summed E-state index contributed by atoms with van der Waals surface area (Å²) in [5.41, 5.74) is 0. The molecular weight excluding hydrogens is 178 g/mol. The lowest BCUT2D eigenvalue weighted by molar-refractivity contribution is -0.131. The maximum atomic E-state index is 11.7. The Morgan fingerprint density at radius 1 is 1.43 bits per heavy atom. The standard InChI is InChI=1S/C10H21N3O/c1-11-5-2-4-10(14)13-8-3-6-12-7-9-13/h11-12H,2-9H2,1H3. The number of hydrogen-bond acceptors (Lipinski definition) is 3. The second-order valence-corrected chi connectivity index (χ2v) is 3.69. The molecule has 14 heavy (non-hydrogen) atoms. The average molecular weight is 199 g/mol. The average Bonchev–Trinajstić information content (AvgIpc) is 2.46. The van der Waals surface area contributed by atoms with Crippen molar-refractivity contribution in [1.29, 1.82) is 0 Å². The highest BCUT2D eigenvalue weighted by Gasteiger charge is 2.13. The van der Waals surface area contributed by atoms with Crippen molar-refractivity contribution in [2.24, 2.45) is 0 Å². The van der Waals surface area contributed by atoms with Crippen LogP contribution in [0, 0.1) is 0 Å². The Labute approximate surface area is 86.0 Å². The molecule has 0 aromatic carbocycles. The third kappa shape index (κ3) is 4.07. The van der Waals surface area contributed by atoms with Crippen molar-refractivity contribution in [1.82, 2.24) is 15.5 Å². The molecule has 1 amide bonds. The van der Waals surface area contributed by atoms with Gasteiger partial charge in [-0.15, -0.1) is 0 Å². The van der Waals surface area contributed by atoms with Gasteiger partial charge in [-0.2, -0.15) is 0 Å². The van der Waals surface area contributed by atoms with Crippen molar-refractivity contribution in [3.05, 3.63) is 0 Å². The summed E-state index contributed by atoms with van der Waals surface area (Å²) in [6.45, 7) is 4.71. The molecule has 0 radical (unpaired) electrons. The van der Waals surface area contributed by atoms with Crippen LogP contribution < -0.4 is 10.6 Å². The molecule has 0 aromatic rings. The van der Waals surface area contributed by atoms with Crippen LogP contribution in [0.5, 0.6) is 0 Å². The number of nitrogens with one attached hydrogen (secondary N) is 2. The van der Waals surface area contributed by atoms with Crippen LogP contribution >= 0.6 is 0 Å². The van der Waals surface area contributed by atoms with Gasteiger partial charge in [0.25, 0.3) is 0 Å². The number of nitrogens with zero attached hydrogens (tertiary/aromatic N) is 1. The van der Waals surface area contributed by atoms with E-state index in [0.29, 0.717) is 12.3 Å². The van der Waals surface area contributed by atoms with E-state index < -0.39 is 0 Å². The van der Waals surface area contributed by atoms with E-state index in [1.807, 2.05) is 11.9 Å². The van der Waals surface area contributed by atoms with E-state index in [9.17, 15) is 4.79 Å². The van der Waals surface area contributed by atoms with Crippen LogP contribution in [0.3, 0.4) is 0 Å². The lowest BCUT2D eigenvalue weighted by Gasteiger charge is -2.19. The van der Waals surface area contributed by atoms with Crippen molar-refractivity contribution in [3.8, 4) is 0 Å². The van der Waals surface area contributed by atoms with E-state index in [2.05, 4.69) is 10.6 Å². The number of carbonyl (C=O) groups excluding carboxylic acids is 1. The summed E-state index contributed by atoms with van der Waals surface area (Å²) >= 11 is 0. The van der Waals surface area contributed by atoms with Crippen LogP contribution in [-0.4, -0.2) is 50.6 Å². The Hall–Kier alpha value is -0.610. The fourth-order valence-corrected chi connectivity index (χ4v) is 1.67. The minimum absolute atomic E-state index is 0.309. The highest BCUT2D eigenvalue weighted by atomic mass is 16.2.